The minimum Gasteiger partial charge on any atom is -0.391 e. The van der Waals surface area contributed by atoms with E-state index in [1.165, 1.54) is 11.3 Å². The van der Waals surface area contributed by atoms with Crippen molar-refractivity contribution in [3.63, 3.8) is 0 Å². The number of benzene rings is 1. The summed E-state index contributed by atoms with van der Waals surface area (Å²) in [5.74, 6) is -0.191. The molecule has 1 unspecified atom stereocenters. The number of anilines is 1. The van der Waals surface area contributed by atoms with E-state index in [4.69, 9.17) is 5.73 Å². The number of aliphatic hydroxyl groups is 1. The molecule has 0 saturated carbocycles. The van der Waals surface area contributed by atoms with Crippen molar-refractivity contribution in [2.45, 2.75) is 25.9 Å². The highest BCUT2D eigenvalue weighted by Gasteiger charge is 2.10. The second-order valence-electron chi connectivity index (χ2n) is 4.39. The molecule has 1 amide bonds. The summed E-state index contributed by atoms with van der Waals surface area (Å²) < 4.78 is 0.888. The molecule has 1 aromatic heterocycles. The number of nitrogen functional groups attached to an aromatic ring is 1. The van der Waals surface area contributed by atoms with Crippen LogP contribution in [0.1, 0.15) is 30.1 Å². The van der Waals surface area contributed by atoms with Crippen LogP contribution in [-0.2, 0) is 0 Å². The molecule has 0 aliphatic rings. The zero-order chi connectivity index (χ0) is 13.8. The summed E-state index contributed by atoms with van der Waals surface area (Å²) in [5, 5.41) is 12.8. The van der Waals surface area contributed by atoms with Gasteiger partial charge in [0.1, 0.15) is 0 Å². The molecule has 0 fully saturated rings. The number of nitrogens with zero attached hydrogens (tertiary/aromatic N) is 1. The zero-order valence-corrected chi connectivity index (χ0v) is 11.5. The number of fused-ring (bicyclic) bond motifs is 1. The van der Waals surface area contributed by atoms with Gasteiger partial charge in [0, 0.05) is 12.1 Å². The molecule has 102 valence electrons. The molecule has 1 atom stereocenters. The Bertz CT molecular complexity index is 582. The quantitative estimate of drug-likeness (QED) is 0.778. The second-order valence-corrected chi connectivity index (χ2v) is 5.45. The maximum Gasteiger partial charge on any atom is 0.251 e. The van der Waals surface area contributed by atoms with E-state index in [2.05, 4.69) is 10.3 Å². The Morgan fingerprint density at radius 2 is 2.37 bits per heavy atom. The van der Waals surface area contributed by atoms with E-state index in [0.29, 0.717) is 17.1 Å². The summed E-state index contributed by atoms with van der Waals surface area (Å²) in [4.78, 5) is 16.1. The topological polar surface area (TPSA) is 88.2 Å². The Morgan fingerprint density at radius 1 is 1.58 bits per heavy atom. The van der Waals surface area contributed by atoms with Gasteiger partial charge in [-0.1, -0.05) is 24.7 Å². The number of nitrogens with one attached hydrogen (secondary N) is 1. The molecule has 0 spiro atoms. The third kappa shape index (κ3) is 3.42. The summed E-state index contributed by atoms with van der Waals surface area (Å²) >= 11 is 1.35. The van der Waals surface area contributed by atoms with Gasteiger partial charge in [0.2, 0.25) is 0 Å². The van der Waals surface area contributed by atoms with Gasteiger partial charge in [-0.2, -0.15) is 0 Å². The Labute approximate surface area is 115 Å². The van der Waals surface area contributed by atoms with Gasteiger partial charge in [0.25, 0.3) is 5.91 Å². The number of aromatic nitrogens is 1. The predicted molar refractivity (Wildman–Crippen MR) is 77.3 cm³/mol. The minimum absolute atomic E-state index is 0.191. The first kappa shape index (κ1) is 13.8. The van der Waals surface area contributed by atoms with E-state index in [1.807, 2.05) is 6.92 Å². The summed E-state index contributed by atoms with van der Waals surface area (Å²) in [6.45, 7) is 2.27. The summed E-state index contributed by atoms with van der Waals surface area (Å²) in [5.41, 5.74) is 6.97. The van der Waals surface area contributed by atoms with E-state index < -0.39 is 6.10 Å². The Hall–Kier alpha value is -1.66. The number of thiazole rings is 1. The van der Waals surface area contributed by atoms with Crippen LogP contribution in [0.5, 0.6) is 0 Å². The first-order valence-electron chi connectivity index (χ1n) is 6.22. The predicted octanol–water partition coefficient (Wildman–Crippen LogP) is 1.77. The minimum atomic E-state index is -0.489. The van der Waals surface area contributed by atoms with E-state index in [-0.39, 0.29) is 12.5 Å². The van der Waals surface area contributed by atoms with Crippen molar-refractivity contribution in [3.05, 3.63) is 23.8 Å². The Morgan fingerprint density at radius 3 is 3.11 bits per heavy atom. The Balaban J connectivity index is 2.04. The molecule has 0 aliphatic heterocycles. The lowest BCUT2D eigenvalue weighted by atomic mass is 10.2. The molecule has 0 saturated heterocycles. The van der Waals surface area contributed by atoms with Crippen molar-refractivity contribution in [2.75, 3.05) is 12.3 Å². The van der Waals surface area contributed by atoms with Crippen LogP contribution in [0.2, 0.25) is 0 Å². The lowest BCUT2D eigenvalue weighted by Gasteiger charge is -2.10. The van der Waals surface area contributed by atoms with Gasteiger partial charge >= 0.3 is 0 Å². The van der Waals surface area contributed by atoms with Crippen LogP contribution in [0.4, 0.5) is 5.13 Å². The lowest BCUT2D eigenvalue weighted by molar-refractivity contribution is 0.0910. The summed E-state index contributed by atoms with van der Waals surface area (Å²) in [7, 11) is 0. The number of aliphatic hydroxyl groups excluding tert-OH is 1. The van der Waals surface area contributed by atoms with Crippen LogP contribution in [0, 0.1) is 0 Å². The standard InChI is InChI=1S/C13H17N3O2S/c1-2-3-9(17)7-15-12(18)8-4-5-10-11(6-8)19-13(14)16-10/h4-6,9,17H,2-3,7H2,1H3,(H2,14,16)(H,15,18). The number of hydrogen-bond acceptors (Lipinski definition) is 5. The molecule has 1 aromatic carbocycles. The highest BCUT2D eigenvalue weighted by Crippen LogP contribution is 2.24. The van der Waals surface area contributed by atoms with E-state index in [1.54, 1.807) is 18.2 Å². The van der Waals surface area contributed by atoms with Crippen LogP contribution in [0.15, 0.2) is 18.2 Å². The highest BCUT2D eigenvalue weighted by molar-refractivity contribution is 7.22. The number of carbonyl (C=O) groups is 1. The van der Waals surface area contributed by atoms with Crippen LogP contribution in [0.3, 0.4) is 0 Å². The van der Waals surface area contributed by atoms with Gasteiger partial charge in [-0.25, -0.2) is 4.98 Å². The van der Waals surface area contributed by atoms with Crippen molar-refractivity contribution < 1.29 is 9.90 Å². The van der Waals surface area contributed by atoms with E-state index >= 15 is 0 Å². The SMILES string of the molecule is CCCC(O)CNC(=O)c1ccc2nc(N)sc2c1. The number of hydrogen-bond donors (Lipinski definition) is 3. The zero-order valence-electron chi connectivity index (χ0n) is 10.7. The summed E-state index contributed by atoms with van der Waals surface area (Å²) in [6, 6.07) is 5.26. The van der Waals surface area contributed by atoms with Crippen LogP contribution in [-0.4, -0.2) is 28.6 Å². The van der Waals surface area contributed by atoms with Crippen molar-refractivity contribution in [2.24, 2.45) is 0 Å². The maximum atomic E-state index is 11.9. The van der Waals surface area contributed by atoms with Gasteiger partial charge < -0.3 is 16.2 Å². The molecular formula is C13H17N3O2S. The Kier molecular flexibility index (Phi) is 4.34. The number of amides is 1. The average molecular weight is 279 g/mol. The summed E-state index contributed by atoms with van der Waals surface area (Å²) in [6.07, 6.45) is 1.09. The van der Waals surface area contributed by atoms with Gasteiger partial charge in [0.15, 0.2) is 5.13 Å². The largest absolute Gasteiger partial charge is 0.391 e. The first-order valence-corrected chi connectivity index (χ1v) is 7.04. The molecule has 2 rings (SSSR count). The van der Waals surface area contributed by atoms with Crippen LogP contribution < -0.4 is 11.1 Å². The molecular weight excluding hydrogens is 262 g/mol. The maximum absolute atomic E-state index is 11.9. The molecule has 2 aromatic rings. The molecule has 4 N–H and O–H groups in total. The molecule has 0 aliphatic carbocycles. The number of rotatable bonds is 5. The fourth-order valence-electron chi connectivity index (χ4n) is 1.83. The van der Waals surface area contributed by atoms with Gasteiger partial charge in [0.05, 0.1) is 16.3 Å². The third-order valence-corrected chi connectivity index (χ3v) is 3.63. The van der Waals surface area contributed by atoms with E-state index in [9.17, 15) is 9.90 Å². The lowest BCUT2D eigenvalue weighted by Crippen LogP contribution is -2.31. The third-order valence-electron chi connectivity index (χ3n) is 2.79. The fourth-order valence-corrected chi connectivity index (χ4v) is 2.60. The van der Waals surface area contributed by atoms with E-state index in [0.717, 1.165) is 16.6 Å². The van der Waals surface area contributed by atoms with Gasteiger partial charge in [-0.05, 0) is 24.6 Å². The molecule has 1 heterocycles. The number of nitrogens with two attached hydrogens (primary N) is 1. The van der Waals surface area contributed by atoms with Gasteiger partial charge in [-0.3, -0.25) is 4.79 Å². The van der Waals surface area contributed by atoms with Gasteiger partial charge in [-0.15, -0.1) is 0 Å². The first-order chi connectivity index (χ1) is 9.10. The molecule has 5 nitrogen and oxygen atoms in total. The average Bonchev–Trinajstić information content (AvgIpc) is 2.75. The normalized spacial score (nSPS) is 12.5. The smallest absolute Gasteiger partial charge is 0.251 e. The van der Waals surface area contributed by atoms with Crippen molar-refractivity contribution in [3.8, 4) is 0 Å². The fraction of sp³-hybridized carbons (Fsp3) is 0.385. The van der Waals surface area contributed by atoms with Crippen LogP contribution >= 0.6 is 11.3 Å². The number of carbonyl (C=O) groups excluding carboxylic acids is 1. The molecule has 0 bridgehead atoms. The monoisotopic (exact) mass is 279 g/mol. The molecule has 0 radical (unpaired) electrons. The second kappa shape index (κ2) is 5.99. The highest BCUT2D eigenvalue weighted by atomic mass is 32.1. The van der Waals surface area contributed by atoms with Crippen LogP contribution in [0.25, 0.3) is 10.2 Å². The molecule has 19 heavy (non-hydrogen) atoms. The van der Waals surface area contributed by atoms with Crippen molar-refractivity contribution in [1.82, 2.24) is 10.3 Å². The molecule has 6 heteroatoms. The van der Waals surface area contributed by atoms with Crippen molar-refractivity contribution in [1.29, 1.82) is 0 Å². The van der Waals surface area contributed by atoms with Crippen molar-refractivity contribution >= 4 is 32.6 Å².